The van der Waals surface area contributed by atoms with Crippen LogP contribution in [-0.4, -0.2) is 43.4 Å². The zero-order chi connectivity index (χ0) is 21.1. The Hall–Kier alpha value is -2.64. The molecule has 1 fully saturated rings. The normalized spacial score (nSPS) is 19.1. The number of ketones is 1. The highest BCUT2D eigenvalue weighted by Crippen LogP contribution is 2.39. The van der Waals surface area contributed by atoms with Crippen molar-refractivity contribution in [2.24, 2.45) is 0 Å². The van der Waals surface area contributed by atoms with Crippen molar-refractivity contribution in [1.82, 2.24) is 0 Å². The maximum Gasteiger partial charge on any atom is 0.344 e. The van der Waals surface area contributed by atoms with E-state index in [4.69, 9.17) is 14.2 Å². The van der Waals surface area contributed by atoms with Crippen molar-refractivity contribution in [1.29, 1.82) is 0 Å². The summed E-state index contributed by atoms with van der Waals surface area (Å²) in [5.74, 6) is 0.237. The number of benzene rings is 2. The molecule has 0 N–H and O–H groups in total. The van der Waals surface area contributed by atoms with Crippen LogP contribution in [0.4, 0.5) is 4.39 Å². The zero-order valence-electron chi connectivity index (χ0n) is 16.4. The molecule has 30 heavy (non-hydrogen) atoms. The molecular formula is C23H21FO5S. The number of halogens is 1. The first-order chi connectivity index (χ1) is 14.5. The van der Waals surface area contributed by atoms with Gasteiger partial charge in [0.2, 0.25) is 0 Å². The average Bonchev–Trinajstić information content (AvgIpc) is 2.71. The lowest BCUT2D eigenvalue weighted by atomic mass is 9.95. The third kappa shape index (κ3) is 4.74. The highest BCUT2D eigenvalue weighted by atomic mass is 32.2. The summed E-state index contributed by atoms with van der Waals surface area (Å²) in [6.07, 6.45) is 1.76. The van der Waals surface area contributed by atoms with Gasteiger partial charge in [-0.2, -0.15) is 0 Å². The number of carbonyl (C=O) groups excluding carboxylic acids is 2. The van der Waals surface area contributed by atoms with Crippen LogP contribution in [0, 0.1) is 12.7 Å². The van der Waals surface area contributed by atoms with Crippen LogP contribution in [0.5, 0.6) is 5.75 Å². The summed E-state index contributed by atoms with van der Waals surface area (Å²) in [7, 11) is 0. The van der Waals surface area contributed by atoms with Crippen molar-refractivity contribution in [3.63, 3.8) is 0 Å². The molecule has 0 bridgehead atoms. The predicted molar refractivity (Wildman–Crippen MR) is 112 cm³/mol. The summed E-state index contributed by atoms with van der Waals surface area (Å²) in [6, 6.07) is 11.7. The fourth-order valence-electron chi connectivity index (χ4n) is 3.29. The van der Waals surface area contributed by atoms with E-state index in [0.29, 0.717) is 30.3 Å². The van der Waals surface area contributed by atoms with Gasteiger partial charge in [0.05, 0.1) is 19.0 Å². The van der Waals surface area contributed by atoms with Crippen molar-refractivity contribution >= 4 is 29.1 Å². The van der Waals surface area contributed by atoms with E-state index >= 15 is 0 Å². The first-order valence-electron chi connectivity index (χ1n) is 9.63. The highest BCUT2D eigenvalue weighted by Gasteiger charge is 2.25. The topological polar surface area (TPSA) is 61.8 Å². The van der Waals surface area contributed by atoms with Gasteiger partial charge < -0.3 is 14.2 Å². The van der Waals surface area contributed by atoms with Gasteiger partial charge in [0, 0.05) is 10.8 Å². The molecule has 1 saturated heterocycles. The molecule has 2 aliphatic rings. The van der Waals surface area contributed by atoms with Crippen LogP contribution in [0.3, 0.4) is 0 Å². The number of thioether (sulfide) groups is 1. The van der Waals surface area contributed by atoms with E-state index in [2.05, 4.69) is 0 Å². The number of rotatable bonds is 6. The van der Waals surface area contributed by atoms with Gasteiger partial charge in [-0.3, -0.25) is 4.79 Å². The molecule has 0 radical (unpaired) electrons. The second-order valence-corrected chi connectivity index (χ2v) is 8.33. The number of aryl methyl sites for hydroxylation is 1. The van der Waals surface area contributed by atoms with E-state index in [1.165, 1.54) is 23.9 Å². The second-order valence-electron chi connectivity index (χ2n) is 7.20. The third-order valence-electron chi connectivity index (χ3n) is 4.96. The molecular weight excluding hydrogens is 407 g/mol. The van der Waals surface area contributed by atoms with Gasteiger partial charge >= 0.3 is 5.97 Å². The number of esters is 1. The van der Waals surface area contributed by atoms with Gasteiger partial charge in [-0.05, 0) is 47.9 Å². The van der Waals surface area contributed by atoms with Crippen LogP contribution in [0.2, 0.25) is 0 Å². The Morgan fingerprint density at radius 2 is 1.97 bits per heavy atom. The van der Waals surface area contributed by atoms with Crippen LogP contribution < -0.4 is 4.74 Å². The van der Waals surface area contributed by atoms with Gasteiger partial charge in [-0.1, -0.05) is 24.3 Å². The van der Waals surface area contributed by atoms with Crippen molar-refractivity contribution in [3.8, 4) is 5.75 Å². The Morgan fingerprint density at radius 3 is 2.63 bits per heavy atom. The number of Topliss-reactive ketones (excluding diaryl/α,β-unsaturated/α-hetero) is 1. The fourth-order valence-corrected chi connectivity index (χ4v) is 4.36. The zero-order valence-corrected chi connectivity index (χ0v) is 17.2. The predicted octanol–water partition coefficient (Wildman–Crippen LogP) is 3.90. The number of hydrogen-bond acceptors (Lipinski definition) is 6. The Labute approximate surface area is 178 Å². The molecule has 7 heteroatoms. The van der Waals surface area contributed by atoms with E-state index in [9.17, 15) is 14.0 Å². The Morgan fingerprint density at radius 1 is 1.20 bits per heavy atom. The summed E-state index contributed by atoms with van der Waals surface area (Å²) in [5.41, 5.74) is 3.31. The maximum atomic E-state index is 13.2. The Kier molecular flexibility index (Phi) is 6.20. The largest absolute Gasteiger partial charge is 0.482 e. The van der Waals surface area contributed by atoms with Gasteiger partial charge in [-0.25, -0.2) is 9.18 Å². The van der Waals surface area contributed by atoms with Crippen molar-refractivity contribution in [2.45, 2.75) is 18.3 Å². The van der Waals surface area contributed by atoms with Crippen molar-refractivity contribution in [2.75, 3.05) is 25.6 Å². The van der Waals surface area contributed by atoms with Crippen LogP contribution in [0.15, 0.2) is 48.5 Å². The van der Waals surface area contributed by atoms with E-state index in [-0.39, 0.29) is 29.6 Å². The Bertz CT molecular complexity index is 982. The lowest BCUT2D eigenvalue weighted by Crippen LogP contribution is -2.38. The monoisotopic (exact) mass is 428 g/mol. The minimum Gasteiger partial charge on any atom is -0.482 e. The molecule has 0 spiro atoms. The van der Waals surface area contributed by atoms with Crippen LogP contribution in [-0.2, 0) is 19.1 Å². The van der Waals surface area contributed by atoms with Crippen LogP contribution >= 0.6 is 11.8 Å². The lowest BCUT2D eigenvalue weighted by molar-refractivity contribution is -0.174. The first kappa shape index (κ1) is 20.6. The standard InChI is InChI=1S/C23H21FO5S/c1-14-8-17(28-12-23(26)29-18-10-27-11-18)6-7-19(14)20-9-22(30-13-21(20)25)15-2-4-16(24)5-3-15/h2-9,18,22H,10-13H2,1H3. The van der Waals surface area contributed by atoms with Crippen molar-refractivity contribution < 1.29 is 28.2 Å². The summed E-state index contributed by atoms with van der Waals surface area (Å²) >= 11 is 1.53. The molecule has 1 unspecified atom stereocenters. The van der Waals surface area contributed by atoms with Gasteiger partial charge in [0.1, 0.15) is 17.7 Å². The number of carbonyl (C=O) groups is 2. The quantitative estimate of drug-likeness (QED) is 0.651. The fraction of sp³-hybridized carbons (Fsp3) is 0.304. The number of ether oxygens (including phenoxy) is 3. The van der Waals surface area contributed by atoms with E-state index < -0.39 is 5.97 Å². The number of allylic oxidation sites excluding steroid dienone is 1. The second kappa shape index (κ2) is 9.02. The van der Waals surface area contributed by atoms with Crippen LogP contribution in [0.1, 0.15) is 21.9 Å². The highest BCUT2D eigenvalue weighted by molar-refractivity contribution is 8.00. The van der Waals surface area contributed by atoms with Gasteiger partial charge in [-0.15, -0.1) is 11.8 Å². The average molecular weight is 428 g/mol. The summed E-state index contributed by atoms with van der Waals surface area (Å²) in [5, 5.41) is -0.0149. The summed E-state index contributed by atoms with van der Waals surface area (Å²) < 4.78 is 28.9. The number of hydrogen-bond donors (Lipinski definition) is 0. The van der Waals surface area contributed by atoms with Crippen molar-refractivity contribution in [3.05, 3.63) is 71.0 Å². The maximum absolute atomic E-state index is 13.2. The lowest BCUT2D eigenvalue weighted by Gasteiger charge is -2.25. The molecule has 2 aromatic rings. The smallest absolute Gasteiger partial charge is 0.344 e. The van der Waals surface area contributed by atoms with Gasteiger partial charge in [0.25, 0.3) is 0 Å². The molecule has 0 aliphatic carbocycles. The van der Waals surface area contributed by atoms with E-state index in [1.54, 1.807) is 24.3 Å². The summed E-state index contributed by atoms with van der Waals surface area (Å²) in [6.45, 7) is 2.58. The molecule has 5 nitrogen and oxygen atoms in total. The molecule has 1 atom stereocenters. The molecule has 2 heterocycles. The minimum atomic E-state index is -0.436. The minimum absolute atomic E-state index is 0.0149. The molecule has 0 aromatic heterocycles. The molecule has 4 rings (SSSR count). The first-order valence-corrected chi connectivity index (χ1v) is 10.7. The van der Waals surface area contributed by atoms with E-state index in [1.807, 2.05) is 19.1 Å². The van der Waals surface area contributed by atoms with Crippen LogP contribution in [0.25, 0.3) is 5.57 Å². The SMILES string of the molecule is Cc1cc(OCC(=O)OC2COC2)ccc1C1=CC(c2ccc(F)cc2)SCC1=O. The van der Waals surface area contributed by atoms with E-state index in [0.717, 1.165) is 16.7 Å². The third-order valence-corrected chi connectivity index (χ3v) is 6.16. The molecule has 2 aromatic carbocycles. The Balaban J connectivity index is 1.47. The molecule has 0 saturated carbocycles. The van der Waals surface area contributed by atoms with Gasteiger partial charge in [0.15, 0.2) is 12.4 Å². The summed E-state index contributed by atoms with van der Waals surface area (Å²) in [4.78, 5) is 24.3. The molecule has 0 amide bonds. The molecule has 156 valence electrons. The molecule has 2 aliphatic heterocycles.